The van der Waals surface area contributed by atoms with Crippen molar-refractivity contribution >= 4 is 0 Å². The minimum atomic E-state index is 0.436. The van der Waals surface area contributed by atoms with Crippen LogP contribution in [0.3, 0.4) is 0 Å². The Hall–Kier alpha value is -1.74. The van der Waals surface area contributed by atoms with Gasteiger partial charge < -0.3 is 14.9 Å². The summed E-state index contributed by atoms with van der Waals surface area (Å²) in [6.07, 6.45) is 0.726. The summed E-state index contributed by atoms with van der Waals surface area (Å²) in [5, 5.41) is 0. The lowest BCUT2D eigenvalue weighted by Crippen LogP contribution is -1.94. The van der Waals surface area contributed by atoms with Crippen LogP contribution in [0.4, 0.5) is 0 Å². The zero-order valence-electron chi connectivity index (χ0n) is 9.27. The second-order valence-electron chi connectivity index (χ2n) is 3.56. The lowest BCUT2D eigenvalue weighted by atomic mass is 10.1. The van der Waals surface area contributed by atoms with E-state index in [0.29, 0.717) is 6.54 Å². The summed E-state index contributed by atoms with van der Waals surface area (Å²) >= 11 is 0. The van der Waals surface area contributed by atoms with Crippen molar-refractivity contribution in [3.8, 4) is 5.75 Å². The third-order valence-corrected chi connectivity index (χ3v) is 2.48. The van der Waals surface area contributed by atoms with Gasteiger partial charge in [0.05, 0.1) is 13.7 Å². The van der Waals surface area contributed by atoms with E-state index in [2.05, 4.69) is 0 Å². The largest absolute Gasteiger partial charge is 0.496 e. The maximum atomic E-state index is 5.56. The fraction of sp³-hybridized carbons (Fsp3) is 0.231. The second-order valence-corrected chi connectivity index (χ2v) is 3.56. The van der Waals surface area contributed by atoms with Crippen molar-refractivity contribution in [1.29, 1.82) is 0 Å². The first-order valence-electron chi connectivity index (χ1n) is 5.23. The van der Waals surface area contributed by atoms with E-state index in [1.54, 1.807) is 7.11 Å². The van der Waals surface area contributed by atoms with Gasteiger partial charge in [-0.25, -0.2) is 0 Å². The smallest absolute Gasteiger partial charge is 0.122 e. The average molecular weight is 217 g/mol. The van der Waals surface area contributed by atoms with Crippen LogP contribution in [0.5, 0.6) is 5.75 Å². The maximum Gasteiger partial charge on any atom is 0.122 e. The topological polar surface area (TPSA) is 48.4 Å². The van der Waals surface area contributed by atoms with Crippen LogP contribution in [0.2, 0.25) is 0 Å². The molecule has 2 rings (SSSR count). The Morgan fingerprint density at radius 3 is 2.56 bits per heavy atom. The van der Waals surface area contributed by atoms with Crippen LogP contribution >= 0.6 is 0 Å². The zero-order valence-corrected chi connectivity index (χ0v) is 9.27. The van der Waals surface area contributed by atoms with E-state index in [1.807, 2.05) is 36.4 Å². The summed E-state index contributed by atoms with van der Waals surface area (Å²) in [6.45, 7) is 0.436. The van der Waals surface area contributed by atoms with Gasteiger partial charge in [0, 0.05) is 12.0 Å². The molecule has 0 aliphatic heterocycles. The third kappa shape index (κ3) is 2.25. The van der Waals surface area contributed by atoms with Gasteiger partial charge in [-0.3, -0.25) is 0 Å². The summed E-state index contributed by atoms with van der Waals surface area (Å²) in [5.41, 5.74) is 6.61. The van der Waals surface area contributed by atoms with Crippen molar-refractivity contribution in [2.24, 2.45) is 5.73 Å². The summed E-state index contributed by atoms with van der Waals surface area (Å²) in [4.78, 5) is 0. The normalized spacial score (nSPS) is 10.4. The van der Waals surface area contributed by atoms with Crippen molar-refractivity contribution in [1.82, 2.24) is 0 Å². The molecular formula is C13H15NO2. The van der Waals surface area contributed by atoms with Gasteiger partial charge in [0.1, 0.15) is 17.3 Å². The van der Waals surface area contributed by atoms with Crippen LogP contribution in [0.25, 0.3) is 0 Å². The Balaban J connectivity index is 2.19. The van der Waals surface area contributed by atoms with Gasteiger partial charge in [-0.2, -0.15) is 0 Å². The highest BCUT2D eigenvalue weighted by Crippen LogP contribution is 2.21. The van der Waals surface area contributed by atoms with Crippen LogP contribution in [0, 0.1) is 0 Å². The molecule has 2 N–H and O–H groups in total. The molecule has 0 spiro atoms. The van der Waals surface area contributed by atoms with Gasteiger partial charge in [0.25, 0.3) is 0 Å². The summed E-state index contributed by atoms with van der Waals surface area (Å²) in [7, 11) is 1.67. The maximum absolute atomic E-state index is 5.56. The number of benzene rings is 1. The average Bonchev–Trinajstić information content (AvgIpc) is 2.77. The molecule has 0 amide bonds. The Kier molecular flexibility index (Phi) is 3.27. The van der Waals surface area contributed by atoms with E-state index in [0.717, 1.165) is 29.3 Å². The molecule has 16 heavy (non-hydrogen) atoms. The van der Waals surface area contributed by atoms with Crippen LogP contribution in [0.15, 0.2) is 40.8 Å². The lowest BCUT2D eigenvalue weighted by Gasteiger charge is -2.06. The van der Waals surface area contributed by atoms with Gasteiger partial charge in [0.15, 0.2) is 0 Å². The van der Waals surface area contributed by atoms with Crippen LogP contribution in [-0.2, 0) is 13.0 Å². The molecule has 0 aliphatic rings. The van der Waals surface area contributed by atoms with Gasteiger partial charge in [-0.05, 0) is 18.2 Å². The van der Waals surface area contributed by atoms with Gasteiger partial charge in [0.2, 0.25) is 0 Å². The van der Waals surface area contributed by atoms with Crippen LogP contribution < -0.4 is 10.5 Å². The molecule has 1 aromatic carbocycles. The van der Waals surface area contributed by atoms with Crippen molar-refractivity contribution < 1.29 is 9.15 Å². The molecule has 1 aromatic heterocycles. The van der Waals surface area contributed by atoms with Gasteiger partial charge in [-0.1, -0.05) is 18.2 Å². The molecule has 1 heterocycles. The Bertz CT molecular complexity index is 462. The third-order valence-electron chi connectivity index (χ3n) is 2.48. The molecule has 0 saturated heterocycles. The molecule has 0 aliphatic carbocycles. The summed E-state index contributed by atoms with van der Waals surface area (Å²) < 4.78 is 10.8. The molecule has 3 heteroatoms. The summed E-state index contributed by atoms with van der Waals surface area (Å²) in [5.74, 6) is 2.60. The number of para-hydroxylation sites is 1. The van der Waals surface area contributed by atoms with Gasteiger partial charge >= 0.3 is 0 Å². The number of furan rings is 1. The van der Waals surface area contributed by atoms with E-state index < -0.39 is 0 Å². The van der Waals surface area contributed by atoms with Crippen molar-refractivity contribution in [3.05, 3.63) is 53.5 Å². The van der Waals surface area contributed by atoms with E-state index in [-0.39, 0.29) is 0 Å². The van der Waals surface area contributed by atoms with Gasteiger partial charge in [-0.15, -0.1) is 0 Å². The zero-order chi connectivity index (χ0) is 11.4. The molecule has 0 fully saturated rings. The fourth-order valence-corrected chi connectivity index (χ4v) is 1.66. The molecule has 0 atom stereocenters. The number of ether oxygens (including phenoxy) is 1. The first-order valence-corrected chi connectivity index (χ1v) is 5.23. The predicted molar refractivity (Wildman–Crippen MR) is 62.4 cm³/mol. The molecule has 0 bridgehead atoms. The van der Waals surface area contributed by atoms with E-state index in [1.165, 1.54) is 0 Å². The van der Waals surface area contributed by atoms with E-state index in [9.17, 15) is 0 Å². The molecule has 3 nitrogen and oxygen atoms in total. The van der Waals surface area contributed by atoms with Crippen LogP contribution in [0.1, 0.15) is 17.1 Å². The fourth-order valence-electron chi connectivity index (χ4n) is 1.66. The Morgan fingerprint density at radius 2 is 1.88 bits per heavy atom. The molecule has 2 aromatic rings. The standard InChI is InChI=1S/C13H15NO2/c1-15-13-5-3-2-4-10(13)8-11-6-7-12(9-14)16-11/h2-7H,8-9,14H2,1H3. The summed E-state index contributed by atoms with van der Waals surface area (Å²) in [6, 6.07) is 11.8. The Morgan fingerprint density at radius 1 is 1.12 bits per heavy atom. The first-order chi connectivity index (χ1) is 7.83. The number of rotatable bonds is 4. The number of hydrogen-bond acceptors (Lipinski definition) is 3. The van der Waals surface area contributed by atoms with E-state index >= 15 is 0 Å². The Labute approximate surface area is 94.8 Å². The SMILES string of the molecule is COc1ccccc1Cc1ccc(CN)o1. The minimum absolute atomic E-state index is 0.436. The second kappa shape index (κ2) is 4.86. The predicted octanol–water partition coefficient (Wildman–Crippen LogP) is 2.34. The quantitative estimate of drug-likeness (QED) is 0.855. The molecular weight excluding hydrogens is 202 g/mol. The van der Waals surface area contributed by atoms with E-state index in [4.69, 9.17) is 14.9 Å². The van der Waals surface area contributed by atoms with Crippen molar-refractivity contribution in [2.45, 2.75) is 13.0 Å². The lowest BCUT2D eigenvalue weighted by molar-refractivity contribution is 0.407. The number of nitrogens with two attached hydrogens (primary N) is 1. The van der Waals surface area contributed by atoms with Crippen molar-refractivity contribution in [3.63, 3.8) is 0 Å². The molecule has 84 valence electrons. The van der Waals surface area contributed by atoms with Crippen LogP contribution in [-0.4, -0.2) is 7.11 Å². The molecule has 0 radical (unpaired) electrons. The number of methoxy groups -OCH3 is 1. The van der Waals surface area contributed by atoms with Crippen molar-refractivity contribution in [2.75, 3.05) is 7.11 Å². The highest BCUT2D eigenvalue weighted by molar-refractivity contribution is 5.35. The highest BCUT2D eigenvalue weighted by Gasteiger charge is 2.06. The first kappa shape index (κ1) is 10.8. The monoisotopic (exact) mass is 217 g/mol. The molecule has 0 saturated carbocycles. The highest BCUT2D eigenvalue weighted by atomic mass is 16.5. The molecule has 0 unspecified atom stereocenters. The minimum Gasteiger partial charge on any atom is -0.496 e. The number of hydrogen-bond donors (Lipinski definition) is 1.